The van der Waals surface area contributed by atoms with Gasteiger partial charge in [0.05, 0.1) is 0 Å². The first-order valence-electron chi connectivity index (χ1n) is 8.16. The summed E-state index contributed by atoms with van der Waals surface area (Å²) in [7, 11) is 0. The number of benzene rings is 2. The molecule has 0 fully saturated rings. The van der Waals surface area contributed by atoms with Gasteiger partial charge in [-0.25, -0.2) is 9.55 Å². The zero-order valence-corrected chi connectivity index (χ0v) is 13.9. The van der Waals surface area contributed by atoms with Gasteiger partial charge in [0, 0.05) is 6.92 Å². The zero-order chi connectivity index (χ0) is 16.9. The van der Waals surface area contributed by atoms with Gasteiger partial charge in [-0.3, -0.25) is 0 Å². The number of para-hydroxylation sites is 3. The quantitative estimate of drug-likeness (QED) is 0.519. The lowest BCUT2D eigenvalue weighted by molar-refractivity contribution is -0.684. The van der Waals surface area contributed by atoms with Crippen LogP contribution in [0.3, 0.4) is 0 Å². The second-order valence-corrected chi connectivity index (χ2v) is 5.90. The van der Waals surface area contributed by atoms with Crippen LogP contribution in [0, 0.1) is 6.92 Å². The number of imidazole rings is 1. The van der Waals surface area contributed by atoms with Crippen molar-refractivity contribution in [2.75, 3.05) is 6.61 Å². The number of rotatable bonds is 7. The Hall–Kier alpha value is -2.59. The summed E-state index contributed by atoms with van der Waals surface area (Å²) in [5.74, 6) is 1.82. The topological polar surface area (TPSA) is 49.1 Å². The Balaban J connectivity index is 1.69. The summed E-state index contributed by atoms with van der Waals surface area (Å²) in [4.78, 5) is 3.33. The molecule has 2 aromatic carbocycles. The van der Waals surface area contributed by atoms with Crippen LogP contribution in [0.2, 0.25) is 0 Å². The minimum absolute atomic E-state index is 0.250. The molecule has 0 aliphatic rings. The van der Waals surface area contributed by atoms with E-state index in [0.29, 0.717) is 6.54 Å². The Kier molecular flexibility index (Phi) is 4.96. The number of H-pyrrole nitrogens is 1. The number of aromatic nitrogens is 2. The summed E-state index contributed by atoms with van der Waals surface area (Å²) in [5, 5.41) is 10.4. The predicted octanol–water partition coefficient (Wildman–Crippen LogP) is 2.93. The number of hydrogen-bond donors (Lipinski definition) is 2. The number of nitrogens with one attached hydrogen (secondary N) is 1. The monoisotopic (exact) mass is 323 g/mol. The van der Waals surface area contributed by atoms with Crippen molar-refractivity contribution in [1.29, 1.82) is 0 Å². The maximum absolute atomic E-state index is 10.4. The molecule has 0 bridgehead atoms. The molecule has 124 valence electrons. The highest BCUT2D eigenvalue weighted by molar-refractivity contribution is 5.70. The van der Waals surface area contributed by atoms with E-state index in [9.17, 15) is 5.11 Å². The number of fused-ring (bicyclic) bond motifs is 1. The average Bonchev–Trinajstić information content (AvgIpc) is 2.90. The van der Waals surface area contributed by atoms with Crippen LogP contribution in [-0.2, 0) is 13.0 Å². The second kappa shape index (κ2) is 7.32. The number of aliphatic hydroxyl groups excluding tert-OH is 1. The summed E-state index contributed by atoms with van der Waals surface area (Å²) >= 11 is 0. The molecular weight excluding hydrogens is 300 g/mol. The van der Waals surface area contributed by atoms with Gasteiger partial charge in [0.25, 0.3) is 5.82 Å². The highest BCUT2D eigenvalue weighted by Crippen LogP contribution is 2.19. The van der Waals surface area contributed by atoms with Gasteiger partial charge in [0.15, 0.2) is 11.0 Å². The van der Waals surface area contributed by atoms with Gasteiger partial charge in [-0.2, -0.15) is 0 Å². The minimum atomic E-state index is -0.593. The van der Waals surface area contributed by atoms with Gasteiger partial charge in [-0.15, -0.1) is 6.58 Å². The molecule has 1 atom stereocenters. The summed E-state index contributed by atoms with van der Waals surface area (Å²) in [6.07, 6.45) is 2.01. The van der Waals surface area contributed by atoms with Crippen molar-refractivity contribution in [3.8, 4) is 5.75 Å². The van der Waals surface area contributed by atoms with Gasteiger partial charge < -0.3 is 9.84 Å². The molecule has 0 amide bonds. The Morgan fingerprint density at radius 2 is 1.96 bits per heavy atom. The molecule has 24 heavy (non-hydrogen) atoms. The summed E-state index contributed by atoms with van der Waals surface area (Å²) in [6.45, 7) is 6.51. The summed E-state index contributed by atoms with van der Waals surface area (Å²) < 4.78 is 7.91. The standard InChI is InChI=1S/C20H22N2O2/c1-3-8-16-9-4-7-12-20(16)24-14-17(23)13-22-15(2)21-18-10-5-6-11-19(18)22/h3-7,9-12,17,23H,1,8,13-14H2,2H3/p+1. The number of aryl methyl sites for hydroxylation is 1. The van der Waals surface area contributed by atoms with Crippen LogP contribution in [0.4, 0.5) is 0 Å². The summed E-state index contributed by atoms with van der Waals surface area (Å²) in [5.41, 5.74) is 3.23. The molecule has 4 heteroatoms. The first-order valence-corrected chi connectivity index (χ1v) is 8.16. The normalized spacial score (nSPS) is 12.2. The van der Waals surface area contributed by atoms with Crippen LogP contribution in [0.25, 0.3) is 11.0 Å². The molecule has 0 aliphatic heterocycles. The molecule has 1 heterocycles. The number of hydrogen-bond acceptors (Lipinski definition) is 2. The van der Waals surface area contributed by atoms with Crippen LogP contribution in [-0.4, -0.2) is 22.8 Å². The zero-order valence-electron chi connectivity index (χ0n) is 13.9. The van der Waals surface area contributed by atoms with Gasteiger partial charge >= 0.3 is 0 Å². The van der Waals surface area contributed by atoms with Gasteiger partial charge in [0.1, 0.15) is 25.0 Å². The van der Waals surface area contributed by atoms with Crippen LogP contribution in [0.5, 0.6) is 5.75 Å². The molecule has 0 aliphatic carbocycles. The first-order chi connectivity index (χ1) is 11.7. The molecule has 0 spiro atoms. The highest BCUT2D eigenvalue weighted by Gasteiger charge is 2.18. The van der Waals surface area contributed by atoms with Gasteiger partial charge in [0.2, 0.25) is 0 Å². The Labute approximate surface area is 142 Å². The number of nitrogens with zero attached hydrogens (tertiary/aromatic N) is 1. The second-order valence-electron chi connectivity index (χ2n) is 5.90. The summed E-state index contributed by atoms with van der Waals surface area (Å²) in [6, 6.07) is 15.9. The molecule has 0 saturated carbocycles. The molecule has 0 radical (unpaired) electrons. The average molecular weight is 323 g/mol. The minimum Gasteiger partial charge on any atom is -0.490 e. The predicted molar refractivity (Wildman–Crippen MR) is 95.1 cm³/mol. The van der Waals surface area contributed by atoms with Crippen molar-refractivity contribution in [3.63, 3.8) is 0 Å². The van der Waals surface area contributed by atoms with Crippen molar-refractivity contribution >= 4 is 11.0 Å². The lowest BCUT2D eigenvalue weighted by Crippen LogP contribution is -2.43. The fraction of sp³-hybridized carbons (Fsp3) is 0.250. The SMILES string of the molecule is C=CCc1ccccc1OCC(O)C[n+]1c(C)[nH]c2ccccc21. The smallest absolute Gasteiger partial charge is 0.252 e. The third kappa shape index (κ3) is 3.49. The van der Waals surface area contributed by atoms with Gasteiger partial charge in [-0.1, -0.05) is 36.4 Å². The number of aromatic amines is 1. The largest absolute Gasteiger partial charge is 0.490 e. The van der Waals surface area contributed by atoms with Crippen molar-refractivity contribution in [2.24, 2.45) is 0 Å². The van der Waals surface area contributed by atoms with Gasteiger partial charge in [-0.05, 0) is 30.2 Å². The lowest BCUT2D eigenvalue weighted by atomic mass is 10.1. The third-order valence-electron chi connectivity index (χ3n) is 4.08. The molecule has 1 aromatic heterocycles. The number of ether oxygens (including phenoxy) is 1. The van der Waals surface area contributed by atoms with E-state index in [0.717, 1.165) is 34.6 Å². The van der Waals surface area contributed by atoms with E-state index in [2.05, 4.69) is 16.1 Å². The van der Waals surface area contributed by atoms with E-state index in [1.807, 2.05) is 61.5 Å². The van der Waals surface area contributed by atoms with Crippen LogP contribution < -0.4 is 9.30 Å². The molecule has 0 saturated heterocycles. The first kappa shape index (κ1) is 16.3. The van der Waals surface area contributed by atoms with Crippen LogP contribution in [0.15, 0.2) is 61.2 Å². The van der Waals surface area contributed by atoms with Crippen molar-refractivity contribution in [2.45, 2.75) is 26.0 Å². The fourth-order valence-electron chi connectivity index (χ4n) is 2.91. The van der Waals surface area contributed by atoms with E-state index < -0.39 is 6.10 Å². The lowest BCUT2D eigenvalue weighted by Gasteiger charge is -2.14. The maximum atomic E-state index is 10.4. The maximum Gasteiger partial charge on any atom is 0.252 e. The fourth-order valence-corrected chi connectivity index (χ4v) is 2.91. The molecule has 1 unspecified atom stereocenters. The van der Waals surface area contributed by atoms with Crippen LogP contribution >= 0.6 is 0 Å². The van der Waals surface area contributed by atoms with Crippen molar-refractivity contribution in [3.05, 3.63) is 72.6 Å². The van der Waals surface area contributed by atoms with Crippen molar-refractivity contribution in [1.82, 2.24) is 4.98 Å². The number of aliphatic hydroxyl groups is 1. The highest BCUT2D eigenvalue weighted by atomic mass is 16.5. The molecule has 4 nitrogen and oxygen atoms in total. The molecule has 2 N–H and O–H groups in total. The molecule has 3 rings (SSSR count). The van der Waals surface area contributed by atoms with E-state index in [-0.39, 0.29) is 6.61 Å². The van der Waals surface area contributed by atoms with E-state index >= 15 is 0 Å². The van der Waals surface area contributed by atoms with Crippen molar-refractivity contribution < 1.29 is 14.4 Å². The van der Waals surface area contributed by atoms with E-state index in [1.165, 1.54) is 0 Å². The molecule has 3 aromatic rings. The third-order valence-corrected chi connectivity index (χ3v) is 4.08. The Bertz CT molecular complexity index is 839. The van der Waals surface area contributed by atoms with E-state index in [4.69, 9.17) is 4.74 Å². The molecular formula is C20H23N2O2+. The Morgan fingerprint density at radius 1 is 1.21 bits per heavy atom. The van der Waals surface area contributed by atoms with Crippen LogP contribution in [0.1, 0.15) is 11.4 Å². The van der Waals surface area contributed by atoms with E-state index in [1.54, 1.807) is 0 Å². The Morgan fingerprint density at radius 3 is 2.79 bits per heavy atom. The number of allylic oxidation sites excluding steroid dienone is 1.